The van der Waals surface area contributed by atoms with Gasteiger partial charge in [-0.1, -0.05) is 13.8 Å². The van der Waals surface area contributed by atoms with Gasteiger partial charge in [-0.15, -0.1) is 0 Å². The van der Waals surface area contributed by atoms with Gasteiger partial charge in [0.2, 0.25) is 0 Å². The monoisotopic (exact) mass is 261 g/mol. The summed E-state index contributed by atoms with van der Waals surface area (Å²) in [7, 11) is 0. The molecule has 0 atom stereocenters. The number of hydrogen-bond donors (Lipinski definition) is 2. The van der Waals surface area contributed by atoms with Crippen LogP contribution in [-0.4, -0.2) is 27.7 Å². The number of nitrogens with one attached hydrogen (secondary N) is 1. The molecule has 2 rings (SSSR count). The first-order valence-electron chi connectivity index (χ1n) is 7.09. The first kappa shape index (κ1) is 13.8. The molecule has 5 nitrogen and oxygen atoms in total. The lowest BCUT2D eigenvalue weighted by molar-refractivity contribution is 0.636. The summed E-state index contributed by atoms with van der Waals surface area (Å²) in [5, 5.41) is 7.67. The second-order valence-corrected chi connectivity index (χ2v) is 4.78. The molecule has 3 N–H and O–H groups in total. The third-order valence-corrected chi connectivity index (χ3v) is 3.22. The highest BCUT2D eigenvalue weighted by Gasteiger charge is 2.08. The minimum absolute atomic E-state index is 0.668. The third-order valence-electron chi connectivity index (χ3n) is 3.22. The van der Waals surface area contributed by atoms with Crippen LogP contribution in [0.15, 0.2) is 12.3 Å². The van der Waals surface area contributed by atoms with Crippen molar-refractivity contribution in [2.75, 3.05) is 18.8 Å². The Labute approximate surface area is 114 Å². The maximum atomic E-state index is 6.02. The molecule has 0 saturated carbocycles. The van der Waals surface area contributed by atoms with Crippen LogP contribution in [0.2, 0.25) is 0 Å². The predicted octanol–water partition coefficient (Wildman–Crippen LogP) is 1.81. The summed E-state index contributed by atoms with van der Waals surface area (Å²) >= 11 is 0. The van der Waals surface area contributed by atoms with Crippen molar-refractivity contribution in [3.63, 3.8) is 0 Å². The number of anilines is 1. The van der Waals surface area contributed by atoms with Gasteiger partial charge in [0.25, 0.3) is 0 Å². The fourth-order valence-corrected chi connectivity index (χ4v) is 2.16. The number of nitrogen functional groups attached to an aromatic ring is 1. The Kier molecular flexibility index (Phi) is 4.74. The highest BCUT2D eigenvalue weighted by atomic mass is 15.3. The van der Waals surface area contributed by atoms with Crippen LogP contribution in [0.5, 0.6) is 0 Å². The van der Waals surface area contributed by atoms with Crippen LogP contribution in [0.25, 0.3) is 5.65 Å². The van der Waals surface area contributed by atoms with E-state index in [1.54, 1.807) is 4.52 Å². The number of rotatable bonds is 7. The highest BCUT2D eigenvalue weighted by molar-refractivity contribution is 5.52. The molecule has 0 bridgehead atoms. The summed E-state index contributed by atoms with van der Waals surface area (Å²) in [6, 6.07) is 1.93. The van der Waals surface area contributed by atoms with Gasteiger partial charge in [0.15, 0.2) is 5.65 Å². The van der Waals surface area contributed by atoms with Gasteiger partial charge in [-0.25, -0.2) is 4.98 Å². The van der Waals surface area contributed by atoms with Gasteiger partial charge in [0, 0.05) is 17.3 Å². The predicted molar refractivity (Wildman–Crippen MR) is 78.3 cm³/mol. The van der Waals surface area contributed by atoms with E-state index < -0.39 is 0 Å². The van der Waals surface area contributed by atoms with Crippen molar-refractivity contribution >= 4 is 11.5 Å². The minimum atomic E-state index is 0.668. The molecular formula is C14H23N5. The molecule has 0 aromatic carbocycles. The molecule has 0 aliphatic rings. The summed E-state index contributed by atoms with van der Waals surface area (Å²) in [6.45, 7) is 6.39. The summed E-state index contributed by atoms with van der Waals surface area (Å²) in [4.78, 5) is 4.68. The Morgan fingerprint density at radius 3 is 2.89 bits per heavy atom. The molecular weight excluding hydrogens is 238 g/mol. The van der Waals surface area contributed by atoms with E-state index in [0.717, 1.165) is 49.3 Å². The molecule has 0 fully saturated rings. The van der Waals surface area contributed by atoms with Crippen molar-refractivity contribution in [2.24, 2.45) is 0 Å². The largest absolute Gasteiger partial charge is 0.384 e. The normalized spacial score (nSPS) is 11.3. The lowest BCUT2D eigenvalue weighted by atomic mass is 10.2. The van der Waals surface area contributed by atoms with Crippen molar-refractivity contribution < 1.29 is 0 Å². The molecule has 0 saturated heterocycles. The van der Waals surface area contributed by atoms with Crippen LogP contribution >= 0.6 is 0 Å². The Balaban J connectivity index is 2.07. The Hall–Kier alpha value is -1.62. The van der Waals surface area contributed by atoms with Gasteiger partial charge in [0.05, 0.1) is 6.20 Å². The van der Waals surface area contributed by atoms with Crippen LogP contribution < -0.4 is 11.1 Å². The van der Waals surface area contributed by atoms with Crippen molar-refractivity contribution in [3.8, 4) is 0 Å². The summed E-state index contributed by atoms with van der Waals surface area (Å²) in [6.07, 6.45) is 5.99. The van der Waals surface area contributed by atoms with Gasteiger partial charge in [0.1, 0.15) is 5.82 Å². The summed E-state index contributed by atoms with van der Waals surface area (Å²) in [5.74, 6) is 0.668. The Bertz CT molecular complexity index is 532. The lowest BCUT2D eigenvalue weighted by Crippen LogP contribution is -2.16. The van der Waals surface area contributed by atoms with E-state index in [4.69, 9.17) is 5.73 Å². The molecule has 0 amide bonds. The number of aromatic nitrogens is 3. The maximum Gasteiger partial charge on any atom is 0.160 e. The van der Waals surface area contributed by atoms with E-state index in [1.807, 2.05) is 12.3 Å². The molecule has 2 heterocycles. The average Bonchev–Trinajstić information content (AvgIpc) is 2.82. The molecule has 0 aliphatic heterocycles. The first-order valence-corrected chi connectivity index (χ1v) is 7.09. The molecule has 104 valence electrons. The van der Waals surface area contributed by atoms with Crippen LogP contribution in [-0.2, 0) is 12.8 Å². The van der Waals surface area contributed by atoms with Crippen LogP contribution in [0, 0.1) is 0 Å². The standard InChI is InChI=1S/C14H23N5/c1-3-7-16-8-5-6-12-9-13(15)19-14(18-12)11(4-2)10-17-19/h9-10,16H,3-8,15H2,1-2H3. The first-order chi connectivity index (χ1) is 9.26. The third kappa shape index (κ3) is 3.23. The fourth-order valence-electron chi connectivity index (χ4n) is 2.16. The Morgan fingerprint density at radius 1 is 1.32 bits per heavy atom. The number of fused-ring (bicyclic) bond motifs is 1. The molecule has 19 heavy (non-hydrogen) atoms. The molecule has 0 unspecified atom stereocenters. The molecule has 0 radical (unpaired) electrons. The SMILES string of the molecule is CCCNCCCc1cc(N)n2ncc(CC)c2n1. The molecule has 2 aromatic rings. The van der Waals surface area contributed by atoms with E-state index in [2.05, 4.69) is 29.2 Å². The minimum Gasteiger partial charge on any atom is -0.384 e. The quantitative estimate of drug-likeness (QED) is 0.746. The fraction of sp³-hybridized carbons (Fsp3) is 0.571. The molecule has 5 heteroatoms. The molecule has 2 aromatic heterocycles. The van der Waals surface area contributed by atoms with E-state index in [-0.39, 0.29) is 0 Å². The van der Waals surface area contributed by atoms with Crippen molar-refractivity contribution in [2.45, 2.75) is 39.5 Å². The van der Waals surface area contributed by atoms with Gasteiger partial charge in [-0.3, -0.25) is 0 Å². The van der Waals surface area contributed by atoms with Crippen molar-refractivity contribution in [3.05, 3.63) is 23.5 Å². The van der Waals surface area contributed by atoms with Gasteiger partial charge in [-0.05, 0) is 38.8 Å². The van der Waals surface area contributed by atoms with Gasteiger partial charge < -0.3 is 11.1 Å². The Morgan fingerprint density at radius 2 is 2.16 bits per heavy atom. The highest BCUT2D eigenvalue weighted by Crippen LogP contribution is 2.15. The topological polar surface area (TPSA) is 68.2 Å². The molecule has 0 spiro atoms. The number of aryl methyl sites for hydroxylation is 2. The van der Waals surface area contributed by atoms with E-state index in [0.29, 0.717) is 5.82 Å². The van der Waals surface area contributed by atoms with Gasteiger partial charge >= 0.3 is 0 Å². The zero-order chi connectivity index (χ0) is 13.7. The zero-order valence-electron chi connectivity index (χ0n) is 11.8. The van der Waals surface area contributed by atoms with E-state index in [1.165, 1.54) is 6.42 Å². The second-order valence-electron chi connectivity index (χ2n) is 4.78. The number of nitrogens with zero attached hydrogens (tertiary/aromatic N) is 3. The summed E-state index contributed by atoms with van der Waals surface area (Å²) in [5.41, 5.74) is 9.13. The lowest BCUT2D eigenvalue weighted by Gasteiger charge is -2.06. The van der Waals surface area contributed by atoms with Gasteiger partial charge in [-0.2, -0.15) is 9.61 Å². The zero-order valence-corrected chi connectivity index (χ0v) is 11.8. The average molecular weight is 261 g/mol. The van der Waals surface area contributed by atoms with Crippen LogP contribution in [0.4, 0.5) is 5.82 Å². The second kappa shape index (κ2) is 6.52. The van der Waals surface area contributed by atoms with E-state index in [9.17, 15) is 0 Å². The van der Waals surface area contributed by atoms with E-state index >= 15 is 0 Å². The van der Waals surface area contributed by atoms with Crippen molar-refractivity contribution in [1.29, 1.82) is 0 Å². The van der Waals surface area contributed by atoms with Crippen LogP contribution in [0.1, 0.15) is 37.9 Å². The maximum absolute atomic E-state index is 6.02. The summed E-state index contributed by atoms with van der Waals surface area (Å²) < 4.78 is 1.72. The van der Waals surface area contributed by atoms with Crippen molar-refractivity contribution in [1.82, 2.24) is 19.9 Å². The number of nitrogens with two attached hydrogens (primary N) is 1. The molecule has 0 aliphatic carbocycles. The number of hydrogen-bond acceptors (Lipinski definition) is 4. The van der Waals surface area contributed by atoms with Crippen LogP contribution in [0.3, 0.4) is 0 Å². The smallest absolute Gasteiger partial charge is 0.160 e.